The van der Waals surface area contributed by atoms with Gasteiger partial charge in [0.2, 0.25) is 10.0 Å². The third kappa shape index (κ3) is 3.46. The maximum atomic E-state index is 13.2. The van der Waals surface area contributed by atoms with Crippen molar-refractivity contribution in [3.8, 4) is 0 Å². The van der Waals surface area contributed by atoms with Gasteiger partial charge in [-0.15, -0.1) is 0 Å². The van der Waals surface area contributed by atoms with Crippen LogP contribution in [0.25, 0.3) is 0 Å². The first-order valence-electron chi connectivity index (χ1n) is 10.1. The Kier molecular flexibility index (Phi) is 5.35. The van der Waals surface area contributed by atoms with Gasteiger partial charge in [-0.05, 0) is 48.7 Å². The molecule has 2 aromatic rings. The number of anilines is 2. The van der Waals surface area contributed by atoms with Gasteiger partial charge in [-0.3, -0.25) is 0 Å². The monoisotopic (exact) mass is 467 g/mol. The lowest BCUT2D eigenvalue weighted by Crippen LogP contribution is -2.40. The molecule has 160 valence electrons. The molecule has 6 nitrogen and oxygen atoms in total. The Bertz CT molecular complexity index is 1070. The number of morpholine rings is 1. The number of benzene rings is 2. The third-order valence-corrected chi connectivity index (χ3v) is 8.73. The zero-order valence-electron chi connectivity index (χ0n) is 16.4. The average Bonchev–Trinajstić information content (AvgIpc) is 3.33. The van der Waals surface area contributed by atoms with E-state index in [9.17, 15) is 8.42 Å². The maximum Gasteiger partial charge on any atom is 0.243 e. The van der Waals surface area contributed by atoms with E-state index >= 15 is 0 Å². The summed E-state index contributed by atoms with van der Waals surface area (Å²) in [5.74, 6) is 0. The summed E-state index contributed by atoms with van der Waals surface area (Å²) in [6, 6.07) is 11.2. The van der Waals surface area contributed by atoms with Gasteiger partial charge in [-0.2, -0.15) is 4.31 Å². The number of fused-ring (bicyclic) bond motifs is 3. The average molecular weight is 468 g/mol. The van der Waals surface area contributed by atoms with Crippen LogP contribution in [0.15, 0.2) is 41.3 Å². The number of nitrogens with zero attached hydrogens (tertiary/aromatic N) is 3. The van der Waals surface area contributed by atoms with E-state index in [1.807, 2.05) is 30.3 Å². The van der Waals surface area contributed by atoms with Crippen molar-refractivity contribution in [3.05, 3.63) is 52.0 Å². The molecular weight excluding hydrogens is 445 g/mol. The van der Waals surface area contributed by atoms with Crippen LogP contribution in [0, 0.1) is 0 Å². The molecule has 3 aliphatic heterocycles. The number of halogens is 2. The topological polar surface area (TPSA) is 53.1 Å². The van der Waals surface area contributed by atoms with Crippen LogP contribution < -0.4 is 9.80 Å². The van der Waals surface area contributed by atoms with E-state index in [-0.39, 0.29) is 6.17 Å². The lowest BCUT2D eigenvalue weighted by atomic mass is 10.1. The Hall–Kier alpha value is -1.51. The molecule has 0 radical (unpaired) electrons. The third-order valence-electron chi connectivity index (χ3n) is 6.09. The second kappa shape index (κ2) is 7.88. The summed E-state index contributed by atoms with van der Waals surface area (Å²) in [5, 5.41) is 1.06. The minimum absolute atomic E-state index is 0.232. The van der Waals surface area contributed by atoms with Crippen molar-refractivity contribution >= 4 is 44.6 Å². The summed E-state index contributed by atoms with van der Waals surface area (Å²) in [6.45, 7) is 3.27. The number of hydrogen-bond acceptors (Lipinski definition) is 5. The minimum atomic E-state index is -3.55. The molecule has 30 heavy (non-hydrogen) atoms. The van der Waals surface area contributed by atoms with Crippen molar-refractivity contribution in [1.29, 1.82) is 0 Å². The molecule has 0 unspecified atom stereocenters. The number of sulfonamides is 1. The van der Waals surface area contributed by atoms with Gasteiger partial charge in [0.1, 0.15) is 6.17 Å². The summed E-state index contributed by atoms with van der Waals surface area (Å²) in [4.78, 5) is 5.00. The van der Waals surface area contributed by atoms with Crippen molar-refractivity contribution in [2.45, 2.75) is 30.4 Å². The molecule has 2 aromatic carbocycles. The van der Waals surface area contributed by atoms with E-state index in [4.69, 9.17) is 27.9 Å². The Morgan fingerprint density at radius 1 is 0.967 bits per heavy atom. The zero-order valence-corrected chi connectivity index (χ0v) is 18.8. The molecule has 1 atom stereocenters. The molecule has 0 spiro atoms. The molecule has 0 N–H and O–H groups in total. The first-order valence-corrected chi connectivity index (χ1v) is 12.3. The SMILES string of the molecule is O=S(=O)(c1ccc2c(c1)N(Cc1ccc(Cl)c(Cl)c1)[C@@H]1CCCN21)N1CCOCC1. The largest absolute Gasteiger partial charge is 0.379 e. The minimum Gasteiger partial charge on any atom is -0.379 e. The molecule has 3 heterocycles. The quantitative estimate of drug-likeness (QED) is 0.680. The van der Waals surface area contributed by atoms with E-state index < -0.39 is 10.0 Å². The fraction of sp³-hybridized carbons (Fsp3) is 0.429. The van der Waals surface area contributed by atoms with Gasteiger partial charge in [-0.1, -0.05) is 29.3 Å². The molecule has 0 amide bonds. The fourth-order valence-corrected chi connectivity index (χ4v) is 6.36. The summed E-state index contributed by atoms with van der Waals surface area (Å²) < 4.78 is 33.2. The highest BCUT2D eigenvalue weighted by Crippen LogP contribution is 2.46. The number of hydrogen-bond donors (Lipinski definition) is 0. The summed E-state index contributed by atoms with van der Waals surface area (Å²) >= 11 is 12.3. The summed E-state index contributed by atoms with van der Waals surface area (Å²) in [6.07, 6.45) is 2.40. The molecular formula is C21H23Cl2N3O3S. The van der Waals surface area contributed by atoms with Crippen LogP contribution in [0.2, 0.25) is 10.0 Å². The second-order valence-electron chi connectivity index (χ2n) is 7.86. The van der Waals surface area contributed by atoms with Crippen molar-refractivity contribution < 1.29 is 13.2 Å². The number of ether oxygens (including phenoxy) is 1. The Labute approximate surface area is 187 Å². The standard InChI is InChI=1S/C21H23Cl2N3O3S/c22-17-5-3-15(12-18(17)23)14-26-20-13-16(30(27,28)24-8-10-29-11-9-24)4-6-19(20)25-7-1-2-21(25)26/h3-6,12-13,21H,1-2,7-11,14H2/t21-/m1/s1. The van der Waals surface area contributed by atoms with Crippen molar-refractivity contribution in [2.75, 3.05) is 42.6 Å². The highest BCUT2D eigenvalue weighted by Gasteiger charge is 2.40. The van der Waals surface area contributed by atoms with Gasteiger partial charge >= 0.3 is 0 Å². The van der Waals surface area contributed by atoms with Crippen molar-refractivity contribution in [3.63, 3.8) is 0 Å². The van der Waals surface area contributed by atoms with Crippen LogP contribution in [0.5, 0.6) is 0 Å². The number of rotatable bonds is 4. The highest BCUT2D eigenvalue weighted by molar-refractivity contribution is 7.89. The molecule has 9 heteroatoms. The van der Waals surface area contributed by atoms with Crippen LogP contribution in [0.3, 0.4) is 0 Å². The molecule has 0 saturated carbocycles. The smallest absolute Gasteiger partial charge is 0.243 e. The molecule has 3 aliphatic rings. The van der Waals surface area contributed by atoms with Gasteiger partial charge in [0.15, 0.2) is 0 Å². The normalized spacial score (nSPS) is 21.7. The van der Waals surface area contributed by atoms with Gasteiger partial charge < -0.3 is 14.5 Å². The maximum absolute atomic E-state index is 13.2. The second-order valence-corrected chi connectivity index (χ2v) is 10.6. The Morgan fingerprint density at radius 3 is 2.53 bits per heavy atom. The Balaban J connectivity index is 1.51. The first-order chi connectivity index (χ1) is 14.4. The van der Waals surface area contributed by atoms with Crippen LogP contribution in [-0.4, -0.2) is 51.7 Å². The van der Waals surface area contributed by atoms with Crippen LogP contribution in [0.1, 0.15) is 18.4 Å². The first kappa shape index (κ1) is 20.4. The van der Waals surface area contributed by atoms with E-state index in [0.717, 1.165) is 36.3 Å². The van der Waals surface area contributed by atoms with E-state index in [1.54, 1.807) is 6.07 Å². The van der Waals surface area contributed by atoms with Crippen molar-refractivity contribution in [2.24, 2.45) is 0 Å². The molecule has 0 aliphatic carbocycles. The summed E-state index contributed by atoms with van der Waals surface area (Å²) in [5.41, 5.74) is 3.10. The molecule has 0 bridgehead atoms. The highest BCUT2D eigenvalue weighted by atomic mass is 35.5. The molecule has 2 saturated heterocycles. The summed E-state index contributed by atoms with van der Waals surface area (Å²) in [7, 11) is -3.55. The van der Waals surface area contributed by atoms with Gasteiger partial charge in [0, 0.05) is 26.2 Å². The molecule has 2 fully saturated rings. The van der Waals surface area contributed by atoms with Crippen LogP contribution in [-0.2, 0) is 21.3 Å². The van der Waals surface area contributed by atoms with Crippen molar-refractivity contribution in [1.82, 2.24) is 4.31 Å². The lowest BCUT2D eigenvalue weighted by molar-refractivity contribution is 0.0730. The predicted molar refractivity (Wildman–Crippen MR) is 119 cm³/mol. The predicted octanol–water partition coefficient (Wildman–Crippen LogP) is 3.96. The lowest BCUT2D eigenvalue weighted by Gasteiger charge is -2.28. The van der Waals surface area contributed by atoms with Gasteiger partial charge in [0.25, 0.3) is 0 Å². The van der Waals surface area contributed by atoms with Crippen LogP contribution >= 0.6 is 23.2 Å². The van der Waals surface area contributed by atoms with E-state index in [2.05, 4.69) is 9.80 Å². The van der Waals surface area contributed by atoms with Gasteiger partial charge in [0.05, 0.1) is 39.5 Å². The van der Waals surface area contributed by atoms with Gasteiger partial charge in [-0.25, -0.2) is 8.42 Å². The van der Waals surface area contributed by atoms with E-state index in [0.29, 0.717) is 47.8 Å². The van der Waals surface area contributed by atoms with Crippen LogP contribution in [0.4, 0.5) is 11.4 Å². The molecule has 5 rings (SSSR count). The molecule has 0 aromatic heterocycles. The fourth-order valence-electron chi connectivity index (χ4n) is 4.61. The zero-order chi connectivity index (χ0) is 20.9. The Morgan fingerprint density at radius 2 is 1.77 bits per heavy atom. The van der Waals surface area contributed by atoms with E-state index in [1.165, 1.54) is 4.31 Å².